The summed E-state index contributed by atoms with van der Waals surface area (Å²) in [7, 11) is 1.27. The average molecular weight is 347 g/mol. The van der Waals surface area contributed by atoms with E-state index in [1.54, 1.807) is 0 Å². The molecule has 10 nitrogen and oxygen atoms in total. The molecule has 0 bridgehead atoms. The summed E-state index contributed by atoms with van der Waals surface area (Å²) in [4.78, 5) is 44.8. The summed E-state index contributed by atoms with van der Waals surface area (Å²) >= 11 is 0. The molecule has 1 aromatic carbocycles. The molecule has 0 saturated carbocycles. The Morgan fingerprint density at radius 2 is 1.72 bits per heavy atom. The van der Waals surface area contributed by atoms with Crippen LogP contribution in [0, 0.1) is 20.2 Å². The van der Waals surface area contributed by atoms with Crippen molar-refractivity contribution in [1.29, 1.82) is 0 Å². The summed E-state index contributed by atoms with van der Waals surface area (Å²) in [6.07, 6.45) is 0. The number of hydrogen-bond acceptors (Lipinski definition) is 7. The number of hydrogen-bond donors (Lipinski definition) is 1. The molecule has 0 saturated heterocycles. The van der Waals surface area contributed by atoms with Gasteiger partial charge in [0.15, 0.2) is 5.78 Å². The Morgan fingerprint density at radius 1 is 1.12 bits per heavy atom. The lowest BCUT2D eigenvalue weighted by atomic mass is 9.96. The minimum atomic E-state index is -0.846. The monoisotopic (exact) mass is 347 g/mol. The van der Waals surface area contributed by atoms with Crippen molar-refractivity contribution in [3.8, 4) is 0 Å². The lowest BCUT2D eigenvalue weighted by Crippen LogP contribution is -2.19. The zero-order valence-electron chi connectivity index (χ0n) is 13.5. The number of non-ortho nitro benzene ring substituents is 2. The Morgan fingerprint density at radius 3 is 2.16 bits per heavy atom. The maximum atomic E-state index is 12.2. The lowest BCUT2D eigenvalue weighted by molar-refractivity contribution is -0.393. The van der Waals surface area contributed by atoms with Gasteiger partial charge in [-0.3, -0.25) is 29.8 Å². The third kappa shape index (κ3) is 2.96. The maximum absolute atomic E-state index is 12.2. The molecular formula is C15H13N3O7. The first-order chi connectivity index (χ1) is 11.6. The topological polar surface area (TPSA) is 146 Å². The van der Waals surface area contributed by atoms with Gasteiger partial charge in [-0.05, 0) is 13.8 Å². The van der Waals surface area contributed by atoms with E-state index in [1.807, 2.05) is 0 Å². The van der Waals surface area contributed by atoms with Gasteiger partial charge in [0.05, 0.1) is 21.5 Å². The van der Waals surface area contributed by atoms with E-state index >= 15 is 0 Å². The van der Waals surface area contributed by atoms with Gasteiger partial charge in [-0.1, -0.05) is 0 Å². The number of pyridine rings is 1. The number of rotatable bonds is 4. The van der Waals surface area contributed by atoms with Gasteiger partial charge in [-0.2, -0.15) is 0 Å². The number of allylic oxidation sites excluding steroid dienone is 2. The molecule has 2 rings (SSSR count). The number of aryl methyl sites for hydroxylation is 1. The smallest absolute Gasteiger partial charge is 0.300 e. The summed E-state index contributed by atoms with van der Waals surface area (Å²) in [5, 5.41) is 32.2. The number of Topliss-reactive ketones (excluding diaryl/α,β-unsaturated/α-hetero) is 1. The highest BCUT2D eigenvalue weighted by Gasteiger charge is 2.26. The second-order valence-corrected chi connectivity index (χ2v) is 5.35. The highest BCUT2D eigenvalue weighted by atomic mass is 16.6. The predicted octanol–water partition coefficient (Wildman–Crippen LogP) is 2.23. The highest BCUT2D eigenvalue weighted by Crippen LogP contribution is 2.34. The Labute approximate surface area is 139 Å². The number of aromatic nitrogens is 1. The number of nitrogens with zero attached hydrogens (tertiary/aromatic N) is 3. The molecule has 2 aromatic rings. The molecule has 0 unspecified atom stereocenters. The molecule has 1 heterocycles. The van der Waals surface area contributed by atoms with E-state index in [2.05, 4.69) is 0 Å². The van der Waals surface area contributed by atoms with Gasteiger partial charge in [-0.15, -0.1) is 0 Å². The van der Waals surface area contributed by atoms with Crippen LogP contribution in [0.3, 0.4) is 0 Å². The first-order valence-corrected chi connectivity index (χ1v) is 6.94. The fourth-order valence-corrected chi connectivity index (χ4v) is 2.66. The summed E-state index contributed by atoms with van der Waals surface area (Å²) in [5.41, 5.74) is -2.41. The Hall–Kier alpha value is -3.56. The molecule has 1 N–H and O–H groups in total. The molecule has 1 aromatic heterocycles. The van der Waals surface area contributed by atoms with Crippen LogP contribution in [0.15, 0.2) is 28.8 Å². The van der Waals surface area contributed by atoms with Gasteiger partial charge in [0.2, 0.25) is 0 Å². The number of nitro groups is 2. The summed E-state index contributed by atoms with van der Waals surface area (Å²) in [5.74, 6) is -1.00. The van der Waals surface area contributed by atoms with Crippen LogP contribution in [0.25, 0.3) is 16.5 Å². The molecule has 0 aliphatic carbocycles. The molecule has 0 radical (unpaired) electrons. The van der Waals surface area contributed by atoms with Gasteiger partial charge in [-0.25, -0.2) is 0 Å². The van der Waals surface area contributed by atoms with Crippen molar-refractivity contribution in [2.45, 2.75) is 13.8 Å². The number of benzene rings is 1. The van der Waals surface area contributed by atoms with Crippen LogP contribution in [-0.2, 0) is 11.8 Å². The molecule has 10 heteroatoms. The second kappa shape index (κ2) is 6.15. The van der Waals surface area contributed by atoms with Crippen molar-refractivity contribution in [1.82, 2.24) is 4.57 Å². The normalized spacial score (nSPS) is 12.0. The molecular weight excluding hydrogens is 334 g/mol. The molecule has 0 aliphatic rings. The first-order valence-electron chi connectivity index (χ1n) is 6.94. The van der Waals surface area contributed by atoms with E-state index in [0.29, 0.717) is 0 Å². The van der Waals surface area contributed by atoms with E-state index in [9.17, 15) is 34.9 Å². The molecule has 0 spiro atoms. The fourth-order valence-electron chi connectivity index (χ4n) is 2.66. The minimum Gasteiger partial charge on any atom is -0.512 e. The van der Waals surface area contributed by atoms with Crippen molar-refractivity contribution in [2.24, 2.45) is 7.05 Å². The summed E-state index contributed by atoms with van der Waals surface area (Å²) < 4.78 is 0.963. The van der Waals surface area contributed by atoms with Crippen molar-refractivity contribution in [3.05, 3.63) is 60.1 Å². The number of carbonyl (C=O) groups is 1. The van der Waals surface area contributed by atoms with E-state index in [-0.39, 0.29) is 22.0 Å². The number of nitro benzene ring substituents is 2. The van der Waals surface area contributed by atoms with Gasteiger partial charge in [0.1, 0.15) is 11.3 Å². The van der Waals surface area contributed by atoms with Crippen LogP contribution in [0.4, 0.5) is 11.4 Å². The number of fused-ring (bicyclic) bond motifs is 1. The average Bonchev–Trinajstić information content (AvgIpc) is 2.50. The number of aliphatic hydroxyl groups excluding tert-OH is 1. The van der Waals surface area contributed by atoms with Crippen LogP contribution in [0.2, 0.25) is 0 Å². The maximum Gasteiger partial charge on any atom is 0.300 e. The number of ketones is 1. The van der Waals surface area contributed by atoms with Crippen LogP contribution >= 0.6 is 0 Å². The SMILES string of the molecule is CC(=O)/C(=C(/C)O)c1cc(=O)n(C)c2c([N+](=O)[O-])cc([N+](=O)[O-])cc12. The van der Waals surface area contributed by atoms with E-state index in [0.717, 1.165) is 29.7 Å². The standard InChI is InChI=1S/C15H13N3O7/c1-7(19)14(8(2)20)10-6-13(21)16(3)15-11(10)4-9(17(22)23)5-12(15)18(24)25/h4-6,19H,1-3H3/b14-7+. The molecule has 0 amide bonds. The van der Waals surface area contributed by atoms with Crippen molar-refractivity contribution in [2.75, 3.05) is 0 Å². The molecule has 25 heavy (non-hydrogen) atoms. The predicted molar refractivity (Wildman–Crippen MR) is 88.4 cm³/mol. The zero-order chi connectivity index (χ0) is 19.0. The van der Waals surface area contributed by atoms with E-state index in [4.69, 9.17) is 0 Å². The van der Waals surface area contributed by atoms with Crippen LogP contribution < -0.4 is 5.56 Å². The molecule has 130 valence electrons. The molecule has 0 aliphatic heterocycles. The van der Waals surface area contributed by atoms with Crippen LogP contribution in [-0.4, -0.2) is 25.3 Å². The third-order valence-electron chi connectivity index (χ3n) is 3.69. The summed E-state index contributed by atoms with van der Waals surface area (Å²) in [6, 6.07) is 2.78. The minimum absolute atomic E-state index is 0.0541. The van der Waals surface area contributed by atoms with Crippen molar-refractivity contribution < 1.29 is 19.7 Å². The van der Waals surface area contributed by atoms with Gasteiger partial charge in [0.25, 0.3) is 16.9 Å². The fraction of sp³-hybridized carbons (Fsp3) is 0.200. The first kappa shape index (κ1) is 17.8. The summed E-state index contributed by atoms with van der Waals surface area (Å²) in [6.45, 7) is 2.36. The second-order valence-electron chi connectivity index (χ2n) is 5.35. The molecule has 0 atom stereocenters. The molecule has 0 fully saturated rings. The van der Waals surface area contributed by atoms with Crippen LogP contribution in [0.1, 0.15) is 19.4 Å². The quantitative estimate of drug-likeness (QED) is 0.386. The van der Waals surface area contributed by atoms with Crippen molar-refractivity contribution >= 4 is 33.6 Å². The van der Waals surface area contributed by atoms with E-state index < -0.39 is 38.3 Å². The number of carbonyl (C=O) groups excluding carboxylic acids is 1. The Kier molecular flexibility index (Phi) is 4.38. The zero-order valence-corrected chi connectivity index (χ0v) is 13.5. The van der Waals surface area contributed by atoms with E-state index in [1.165, 1.54) is 14.0 Å². The third-order valence-corrected chi connectivity index (χ3v) is 3.69. The van der Waals surface area contributed by atoms with Crippen molar-refractivity contribution in [3.63, 3.8) is 0 Å². The number of aliphatic hydroxyl groups is 1. The van der Waals surface area contributed by atoms with Gasteiger partial charge >= 0.3 is 0 Å². The largest absolute Gasteiger partial charge is 0.512 e. The van der Waals surface area contributed by atoms with Gasteiger partial charge in [0, 0.05) is 30.1 Å². The van der Waals surface area contributed by atoms with Crippen LogP contribution in [0.5, 0.6) is 0 Å². The Bertz CT molecular complexity index is 1030. The Balaban J connectivity index is 3.19. The lowest BCUT2D eigenvalue weighted by Gasteiger charge is -2.12. The van der Waals surface area contributed by atoms with Gasteiger partial charge < -0.3 is 9.67 Å². The highest BCUT2D eigenvalue weighted by molar-refractivity contribution is 6.23.